The Bertz CT molecular complexity index is 769. The SMILES string of the molecule is CN(C(=O)Cc1ccc(C(F)(F)F)cc1[N+](=O)[O-])[C@@H]1CCCC[C@H]1N1CCCC1.Cl. The quantitative estimate of drug-likeness (QED) is 0.492. The fourth-order valence-electron chi connectivity index (χ4n) is 4.57. The number of rotatable bonds is 5. The summed E-state index contributed by atoms with van der Waals surface area (Å²) in [6.45, 7) is 2.04. The van der Waals surface area contributed by atoms with Gasteiger partial charge in [-0.05, 0) is 44.8 Å². The summed E-state index contributed by atoms with van der Waals surface area (Å²) in [5.41, 5.74) is -1.75. The fourth-order valence-corrected chi connectivity index (χ4v) is 4.57. The molecule has 1 saturated carbocycles. The van der Waals surface area contributed by atoms with Crippen LogP contribution in [0.5, 0.6) is 0 Å². The van der Waals surface area contributed by atoms with Gasteiger partial charge in [-0.2, -0.15) is 13.2 Å². The molecule has 1 aliphatic heterocycles. The number of hydrogen-bond acceptors (Lipinski definition) is 4. The van der Waals surface area contributed by atoms with Crippen molar-refractivity contribution in [3.63, 3.8) is 0 Å². The Morgan fingerprint density at radius 1 is 1.20 bits per heavy atom. The molecule has 2 aliphatic rings. The second-order valence-electron chi connectivity index (χ2n) is 7.94. The first-order valence-electron chi connectivity index (χ1n) is 10.0. The third-order valence-corrected chi connectivity index (χ3v) is 6.15. The average molecular weight is 450 g/mol. The van der Waals surface area contributed by atoms with Gasteiger partial charge in [0.25, 0.3) is 5.69 Å². The lowest BCUT2D eigenvalue weighted by Gasteiger charge is -2.42. The highest BCUT2D eigenvalue weighted by Gasteiger charge is 2.37. The van der Waals surface area contributed by atoms with Crippen LogP contribution in [0, 0.1) is 10.1 Å². The van der Waals surface area contributed by atoms with E-state index in [1.165, 1.54) is 0 Å². The lowest BCUT2D eigenvalue weighted by Crippen LogP contribution is -2.53. The summed E-state index contributed by atoms with van der Waals surface area (Å²) in [4.78, 5) is 27.4. The molecule has 0 bridgehead atoms. The van der Waals surface area contributed by atoms with E-state index in [-0.39, 0.29) is 42.4 Å². The van der Waals surface area contributed by atoms with Crippen molar-refractivity contribution in [2.75, 3.05) is 20.1 Å². The second kappa shape index (κ2) is 9.96. The third kappa shape index (κ3) is 5.43. The van der Waals surface area contributed by atoms with Crippen LogP contribution in [0.25, 0.3) is 0 Å². The average Bonchev–Trinajstić information content (AvgIpc) is 3.21. The number of carbonyl (C=O) groups excluding carboxylic acids is 1. The van der Waals surface area contributed by atoms with Gasteiger partial charge in [-0.25, -0.2) is 0 Å². The molecule has 30 heavy (non-hydrogen) atoms. The van der Waals surface area contributed by atoms with E-state index in [1.54, 1.807) is 11.9 Å². The minimum atomic E-state index is -4.67. The molecule has 1 aliphatic carbocycles. The standard InChI is InChI=1S/C20H26F3N3O3.ClH/c1-24(16-6-2-3-7-17(16)25-10-4-5-11-25)19(27)12-14-8-9-15(20(21,22)23)13-18(14)26(28)29;/h8-9,13,16-17H,2-7,10-12H2,1H3;1H/t16-,17-;/m1./s1. The summed E-state index contributed by atoms with van der Waals surface area (Å²) in [6, 6.07) is 2.66. The number of likely N-dealkylation sites (tertiary alicyclic amines) is 1. The highest BCUT2D eigenvalue weighted by molar-refractivity contribution is 5.85. The first-order valence-corrected chi connectivity index (χ1v) is 10.0. The first-order chi connectivity index (χ1) is 13.7. The van der Waals surface area contributed by atoms with Crippen LogP contribution in [0.1, 0.15) is 49.7 Å². The number of nitro benzene ring substituents is 1. The molecule has 0 spiro atoms. The molecule has 0 N–H and O–H groups in total. The molecule has 1 aromatic rings. The maximum atomic E-state index is 12.9. The van der Waals surface area contributed by atoms with E-state index in [1.807, 2.05) is 0 Å². The number of benzene rings is 1. The van der Waals surface area contributed by atoms with Crippen molar-refractivity contribution in [2.24, 2.45) is 0 Å². The van der Waals surface area contributed by atoms with Gasteiger partial charge in [-0.3, -0.25) is 19.8 Å². The van der Waals surface area contributed by atoms with E-state index in [4.69, 9.17) is 0 Å². The van der Waals surface area contributed by atoms with Gasteiger partial charge in [-0.1, -0.05) is 18.9 Å². The lowest BCUT2D eigenvalue weighted by molar-refractivity contribution is -0.385. The van der Waals surface area contributed by atoms with Crippen LogP contribution in [-0.4, -0.2) is 52.9 Å². The predicted molar refractivity (Wildman–Crippen MR) is 109 cm³/mol. The van der Waals surface area contributed by atoms with Gasteiger partial charge in [-0.15, -0.1) is 12.4 Å². The molecule has 3 rings (SSSR count). The summed E-state index contributed by atoms with van der Waals surface area (Å²) in [7, 11) is 1.71. The van der Waals surface area contributed by atoms with Crippen molar-refractivity contribution in [2.45, 2.75) is 63.2 Å². The molecule has 6 nitrogen and oxygen atoms in total. The molecule has 1 heterocycles. The summed E-state index contributed by atoms with van der Waals surface area (Å²) < 4.78 is 38.7. The lowest BCUT2D eigenvalue weighted by atomic mass is 9.88. The van der Waals surface area contributed by atoms with E-state index in [2.05, 4.69) is 4.90 Å². The van der Waals surface area contributed by atoms with Crippen molar-refractivity contribution in [1.29, 1.82) is 0 Å². The summed E-state index contributed by atoms with van der Waals surface area (Å²) in [5.74, 6) is -0.302. The number of halogens is 4. The number of alkyl halides is 3. The van der Waals surface area contributed by atoms with E-state index >= 15 is 0 Å². The fraction of sp³-hybridized carbons (Fsp3) is 0.650. The highest BCUT2D eigenvalue weighted by atomic mass is 35.5. The van der Waals surface area contributed by atoms with Crippen molar-refractivity contribution in [1.82, 2.24) is 9.80 Å². The van der Waals surface area contributed by atoms with E-state index in [0.717, 1.165) is 63.7 Å². The zero-order valence-corrected chi connectivity index (χ0v) is 17.7. The molecule has 0 unspecified atom stereocenters. The van der Waals surface area contributed by atoms with Crippen LogP contribution in [0.15, 0.2) is 18.2 Å². The second-order valence-corrected chi connectivity index (χ2v) is 7.94. The molecule has 168 valence electrons. The zero-order chi connectivity index (χ0) is 21.2. The monoisotopic (exact) mass is 449 g/mol. The molecule has 2 fully saturated rings. The van der Waals surface area contributed by atoms with Crippen LogP contribution < -0.4 is 0 Å². The van der Waals surface area contributed by atoms with Crippen molar-refractivity contribution in [3.8, 4) is 0 Å². The van der Waals surface area contributed by atoms with Crippen LogP contribution in [-0.2, 0) is 17.4 Å². The Kier molecular flexibility index (Phi) is 8.10. The van der Waals surface area contributed by atoms with Gasteiger partial charge < -0.3 is 4.90 Å². The van der Waals surface area contributed by atoms with Gasteiger partial charge in [0.2, 0.25) is 5.91 Å². The van der Waals surface area contributed by atoms with Gasteiger partial charge >= 0.3 is 6.18 Å². The maximum Gasteiger partial charge on any atom is 0.416 e. The molecule has 1 aromatic carbocycles. The van der Waals surface area contributed by atoms with Crippen molar-refractivity contribution >= 4 is 24.0 Å². The molecule has 10 heteroatoms. The minimum absolute atomic E-state index is 0. The largest absolute Gasteiger partial charge is 0.416 e. The van der Waals surface area contributed by atoms with Crippen molar-refractivity contribution in [3.05, 3.63) is 39.4 Å². The van der Waals surface area contributed by atoms with Crippen LogP contribution in [0.4, 0.5) is 18.9 Å². The topological polar surface area (TPSA) is 66.7 Å². The number of nitrogens with zero attached hydrogens (tertiary/aromatic N) is 3. The molecule has 1 saturated heterocycles. The van der Waals surface area contributed by atoms with E-state index < -0.39 is 22.4 Å². The van der Waals surface area contributed by atoms with E-state index in [0.29, 0.717) is 6.07 Å². The molecule has 0 radical (unpaired) electrons. The Morgan fingerprint density at radius 2 is 1.83 bits per heavy atom. The van der Waals surface area contributed by atoms with Gasteiger partial charge in [0.05, 0.1) is 16.9 Å². The molecule has 0 aromatic heterocycles. The molecular formula is C20H27ClF3N3O3. The molecule has 1 amide bonds. The third-order valence-electron chi connectivity index (χ3n) is 6.15. The Balaban J connectivity index is 0.00000320. The Morgan fingerprint density at radius 3 is 2.43 bits per heavy atom. The molecular weight excluding hydrogens is 423 g/mol. The summed E-state index contributed by atoms with van der Waals surface area (Å²) in [5, 5.41) is 11.3. The Hall–Kier alpha value is -1.87. The van der Waals surface area contributed by atoms with Crippen LogP contribution >= 0.6 is 12.4 Å². The van der Waals surface area contributed by atoms with Crippen molar-refractivity contribution < 1.29 is 22.9 Å². The normalized spacial score (nSPS) is 22.4. The number of amides is 1. The molecule has 2 atom stereocenters. The van der Waals surface area contributed by atoms with Gasteiger partial charge in [0.1, 0.15) is 0 Å². The predicted octanol–water partition coefficient (Wildman–Crippen LogP) is 4.44. The number of carbonyl (C=O) groups is 1. The van der Waals surface area contributed by atoms with Gasteiger partial charge in [0.15, 0.2) is 0 Å². The first kappa shape index (κ1) is 24.4. The summed E-state index contributed by atoms with van der Waals surface area (Å²) >= 11 is 0. The number of nitro groups is 1. The Labute approximate surface area is 180 Å². The van der Waals surface area contributed by atoms with Crippen LogP contribution in [0.3, 0.4) is 0 Å². The summed E-state index contributed by atoms with van der Waals surface area (Å²) in [6.07, 6.45) is 1.37. The van der Waals surface area contributed by atoms with Crippen LogP contribution in [0.2, 0.25) is 0 Å². The number of likely N-dealkylation sites (N-methyl/N-ethyl adjacent to an activating group) is 1. The minimum Gasteiger partial charge on any atom is -0.341 e. The van der Waals surface area contributed by atoms with E-state index in [9.17, 15) is 28.1 Å². The number of hydrogen-bond donors (Lipinski definition) is 0. The zero-order valence-electron chi connectivity index (χ0n) is 16.9. The maximum absolute atomic E-state index is 12.9. The van der Waals surface area contributed by atoms with Gasteiger partial charge in [0, 0.05) is 30.8 Å². The highest BCUT2D eigenvalue weighted by Crippen LogP contribution is 2.34. The smallest absolute Gasteiger partial charge is 0.341 e.